The van der Waals surface area contributed by atoms with Gasteiger partial charge >= 0.3 is 0 Å². The second kappa shape index (κ2) is 21.5. The van der Waals surface area contributed by atoms with Crippen LogP contribution in [0.2, 0.25) is 0 Å². The fourth-order valence-electron chi connectivity index (χ4n) is 4.94. The van der Waals surface area contributed by atoms with Crippen LogP contribution in [0.4, 0.5) is 0 Å². The zero-order valence-corrected chi connectivity index (χ0v) is 24.7. The molecule has 0 radical (unpaired) electrons. The summed E-state index contributed by atoms with van der Waals surface area (Å²) >= 11 is 0. The number of rotatable bonds is 21. The zero-order chi connectivity index (χ0) is 25.8. The molecule has 0 saturated carbocycles. The Kier molecular flexibility index (Phi) is 20.9. The second-order valence-electron chi connectivity index (χ2n) is 11.9. The summed E-state index contributed by atoms with van der Waals surface area (Å²) in [4.78, 5) is 0. The normalized spacial score (nSPS) is 15.5. The van der Waals surface area contributed by atoms with Gasteiger partial charge in [-0.3, -0.25) is 0 Å². The van der Waals surface area contributed by atoms with Crippen LogP contribution in [0.5, 0.6) is 0 Å². The highest BCUT2D eigenvalue weighted by atomic mass is 14.5. The lowest BCUT2D eigenvalue weighted by atomic mass is 9.79. The maximum absolute atomic E-state index is 5.71. The Bertz CT molecular complexity index is 561. The Morgan fingerprint density at radius 2 is 1.41 bits per heavy atom. The van der Waals surface area contributed by atoms with Gasteiger partial charge in [0.05, 0.1) is 0 Å². The van der Waals surface area contributed by atoms with Crippen molar-refractivity contribution in [2.75, 3.05) is 6.54 Å². The molecular weight excluding hydrogens is 410 g/mol. The Hall–Kier alpha value is -0.820. The van der Waals surface area contributed by atoms with Gasteiger partial charge in [-0.05, 0) is 109 Å². The molecule has 200 valence electrons. The van der Waals surface area contributed by atoms with E-state index in [9.17, 15) is 0 Å². The third kappa shape index (κ3) is 19.5. The third-order valence-corrected chi connectivity index (χ3v) is 7.47. The summed E-state index contributed by atoms with van der Waals surface area (Å²) < 4.78 is 0. The van der Waals surface area contributed by atoms with E-state index in [1.54, 1.807) is 11.1 Å². The smallest absolute Gasteiger partial charge is 0.00772 e. The largest absolute Gasteiger partial charge is 0.330 e. The quantitative estimate of drug-likeness (QED) is 0.165. The van der Waals surface area contributed by atoms with E-state index in [0.29, 0.717) is 0 Å². The molecule has 0 amide bonds. The van der Waals surface area contributed by atoms with E-state index in [4.69, 9.17) is 5.73 Å². The molecule has 0 rings (SSSR count). The highest BCUT2D eigenvalue weighted by Crippen LogP contribution is 2.32. The third-order valence-electron chi connectivity index (χ3n) is 7.47. The van der Waals surface area contributed by atoms with Crippen LogP contribution in [0.25, 0.3) is 0 Å². The van der Waals surface area contributed by atoms with Crippen molar-refractivity contribution in [2.24, 2.45) is 29.4 Å². The first kappa shape index (κ1) is 33.2. The van der Waals surface area contributed by atoms with Gasteiger partial charge in [-0.2, -0.15) is 0 Å². The molecule has 34 heavy (non-hydrogen) atoms. The lowest BCUT2D eigenvalue weighted by Crippen LogP contribution is -2.15. The predicted octanol–water partition coefficient (Wildman–Crippen LogP) is 10.8. The predicted molar refractivity (Wildman–Crippen MR) is 157 cm³/mol. The number of nitrogens with two attached hydrogens (primary N) is 1. The van der Waals surface area contributed by atoms with Gasteiger partial charge in [-0.1, -0.05) is 102 Å². The van der Waals surface area contributed by atoms with E-state index in [0.717, 1.165) is 30.2 Å². The standard InChI is InChI=1S/C33H63N/c1-9-10-16-29(6)18-13-22-32(21-11-15-27(2)3)26-33(24-23-28(4)5)31(8)20-12-17-30(7)19-14-25-34/h15-16,22,28,30-31,33H,9-14,17-21,23-26,34H2,1-8H3/b29-16+,32-22-. The Labute approximate surface area is 216 Å². The van der Waals surface area contributed by atoms with E-state index < -0.39 is 0 Å². The molecule has 0 aromatic heterocycles. The van der Waals surface area contributed by atoms with Gasteiger partial charge in [-0.25, -0.2) is 0 Å². The number of allylic oxidation sites excluding steroid dienone is 6. The fourth-order valence-corrected chi connectivity index (χ4v) is 4.94. The van der Waals surface area contributed by atoms with Gasteiger partial charge < -0.3 is 5.73 Å². The summed E-state index contributed by atoms with van der Waals surface area (Å²) in [5, 5.41) is 0. The Morgan fingerprint density at radius 3 is 2.03 bits per heavy atom. The molecule has 2 N–H and O–H groups in total. The van der Waals surface area contributed by atoms with E-state index in [-0.39, 0.29) is 0 Å². The van der Waals surface area contributed by atoms with Crippen LogP contribution in [0.1, 0.15) is 145 Å². The van der Waals surface area contributed by atoms with Crippen LogP contribution in [-0.4, -0.2) is 6.54 Å². The number of unbranched alkanes of at least 4 members (excludes halogenated alkanes) is 1. The molecule has 0 spiro atoms. The monoisotopic (exact) mass is 473 g/mol. The number of hydrogen-bond acceptors (Lipinski definition) is 1. The van der Waals surface area contributed by atoms with Gasteiger partial charge in [-0.15, -0.1) is 0 Å². The molecule has 0 aliphatic heterocycles. The van der Waals surface area contributed by atoms with Crippen LogP contribution < -0.4 is 5.73 Å². The molecule has 3 unspecified atom stereocenters. The molecule has 0 aliphatic rings. The summed E-state index contributed by atoms with van der Waals surface area (Å²) in [5.74, 6) is 3.28. The molecule has 0 heterocycles. The Balaban J connectivity index is 5.16. The van der Waals surface area contributed by atoms with Crippen LogP contribution >= 0.6 is 0 Å². The van der Waals surface area contributed by atoms with Gasteiger partial charge in [0.25, 0.3) is 0 Å². The lowest BCUT2D eigenvalue weighted by molar-refractivity contribution is 0.280. The SMILES string of the molecule is CCC/C=C(\C)CC/C=C(/CCC=C(C)C)CC(CCC(C)C)C(C)CCCC(C)CCCN. The average molecular weight is 474 g/mol. The number of hydrogen-bond donors (Lipinski definition) is 1. The molecule has 1 heteroatoms. The summed E-state index contributed by atoms with van der Waals surface area (Å²) in [5.41, 5.74) is 10.4. The summed E-state index contributed by atoms with van der Waals surface area (Å²) in [7, 11) is 0. The minimum absolute atomic E-state index is 0.801. The van der Waals surface area contributed by atoms with Crippen molar-refractivity contribution in [3.8, 4) is 0 Å². The van der Waals surface area contributed by atoms with Crippen molar-refractivity contribution in [2.45, 2.75) is 145 Å². The molecule has 0 fully saturated rings. The van der Waals surface area contributed by atoms with Crippen molar-refractivity contribution in [3.05, 3.63) is 34.9 Å². The van der Waals surface area contributed by atoms with Crippen molar-refractivity contribution < 1.29 is 0 Å². The average Bonchev–Trinajstić information content (AvgIpc) is 2.78. The van der Waals surface area contributed by atoms with Crippen molar-refractivity contribution in [3.63, 3.8) is 0 Å². The van der Waals surface area contributed by atoms with Crippen LogP contribution in [-0.2, 0) is 0 Å². The summed E-state index contributed by atoms with van der Waals surface area (Å²) in [6.07, 6.45) is 25.5. The van der Waals surface area contributed by atoms with Gasteiger partial charge in [0.1, 0.15) is 0 Å². The molecule has 1 nitrogen and oxygen atoms in total. The maximum Gasteiger partial charge on any atom is -0.00772 e. The highest BCUT2D eigenvalue weighted by Gasteiger charge is 2.19. The van der Waals surface area contributed by atoms with Crippen LogP contribution in [0.3, 0.4) is 0 Å². The molecular formula is C33H63N. The molecule has 0 bridgehead atoms. The summed E-state index contributed by atoms with van der Waals surface area (Å²) in [6.45, 7) is 19.6. The van der Waals surface area contributed by atoms with Crippen molar-refractivity contribution in [1.29, 1.82) is 0 Å². The maximum atomic E-state index is 5.71. The minimum Gasteiger partial charge on any atom is -0.330 e. The van der Waals surface area contributed by atoms with E-state index in [1.165, 1.54) is 95.5 Å². The van der Waals surface area contributed by atoms with E-state index in [1.807, 2.05) is 0 Å². The minimum atomic E-state index is 0.801. The van der Waals surface area contributed by atoms with E-state index in [2.05, 4.69) is 73.6 Å². The molecule has 0 aliphatic carbocycles. The fraction of sp³-hybridized carbons (Fsp3) is 0.818. The highest BCUT2D eigenvalue weighted by molar-refractivity contribution is 5.08. The van der Waals surface area contributed by atoms with E-state index >= 15 is 0 Å². The lowest BCUT2D eigenvalue weighted by Gasteiger charge is -2.27. The molecule has 0 aromatic rings. The van der Waals surface area contributed by atoms with Gasteiger partial charge in [0.15, 0.2) is 0 Å². The molecule has 0 aromatic carbocycles. The van der Waals surface area contributed by atoms with Crippen molar-refractivity contribution in [1.82, 2.24) is 0 Å². The first-order valence-corrected chi connectivity index (χ1v) is 14.9. The summed E-state index contributed by atoms with van der Waals surface area (Å²) in [6, 6.07) is 0. The van der Waals surface area contributed by atoms with Crippen LogP contribution in [0.15, 0.2) is 34.9 Å². The first-order chi connectivity index (χ1) is 16.2. The zero-order valence-electron chi connectivity index (χ0n) is 24.7. The van der Waals surface area contributed by atoms with Crippen LogP contribution in [0, 0.1) is 23.7 Å². The first-order valence-electron chi connectivity index (χ1n) is 14.9. The molecule has 3 atom stereocenters. The second-order valence-corrected chi connectivity index (χ2v) is 11.9. The van der Waals surface area contributed by atoms with Crippen molar-refractivity contribution >= 4 is 0 Å². The molecule has 0 saturated heterocycles. The van der Waals surface area contributed by atoms with Gasteiger partial charge in [0, 0.05) is 0 Å². The van der Waals surface area contributed by atoms with Gasteiger partial charge in [0.2, 0.25) is 0 Å². The Morgan fingerprint density at radius 1 is 0.735 bits per heavy atom. The topological polar surface area (TPSA) is 26.0 Å².